The lowest BCUT2D eigenvalue weighted by molar-refractivity contribution is -0.122. The molecule has 0 amide bonds. The van der Waals surface area contributed by atoms with Crippen LogP contribution in [0, 0.1) is 0 Å². The molecule has 0 unspecified atom stereocenters. The summed E-state index contributed by atoms with van der Waals surface area (Å²) in [5.74, 6) is -0.593. The van der Waals surface area contributed by atoms with Gasteiger partial charge in [-0.2, -0.15) is 0 Å². The Labute approximate surface area is 46.2 Å². The highest BCUT2D eigenvalue weighted by Gasteiger charge is 2.22. The van der Waals surface area contributed by atoms with E-state index in [2.05, 4.69) is 0 Å². The zero-order valence-corrected chi connectivity index (χ0v) is 4.13. The fourth-order valence-electron chi connectivity index (χ4n) is 0.512. The molecule has 1 aliphatic carbocycles. The molecule has 0 fully saturated rings. The third-order valence-corrected chi connectivity index (χ3v) is 1.02. The maximum absolute atomic E-state index is 10.4. The molecule has 0 bridgehead atoms. The fraction of sp³-hybridized carbons (Fsp3) is 0.200. The van der Waals surface area contributed by atoms with E-state index < -0.39 is 6.04 Å². The van der Waals surface area contributed by atoms with Gasteiger partial charge >= 0.3 is 0 Å². The van der Waals surface area contributed by atoms with Crippen molar-refractivity contribution in [2.45, 2.75) is 6.04 Å². The summed E-state index contributed by atoms with van der Waals surface area (Å²) < 4.78 is 0. The Morgan fingerprint density at radius 3 is 1.75 bits per heavy atom. The van der Waals surface area contributed by atoms with Crippen LogP contribution in [-0.4, -0.2) is 17.6 Å². The van der Waals surface area contributed by atoms with E-state index in [1.807, 2.05) is 0 Å². The third-order valence-electron chi connectivity index (χ3n) is 1.02. The van der Waals surface area contributed by atoms with Gasteiger partial charge in [0.15, 0.2) is 11.6 Å². The fourth-order valence-corrected chi connectivity index (χ4v) is 0.512. The second-order valence-electron chi connectivity index (χ2n) is 1.62. The zero-order chi connectivity index (χ0) is 6.15. The Bertz CT molecular complexity index is 153. The summed E-state index contributed by atoms with van der Waals surface area (Å²) in [6.45, 7) is 0. The van der Waals surface area contributed by atoms with Gasteiger partial charge in [0.2, 0.25) is 0 Å². The van der Waals surface area contributed by atoms with Crippen molar-refractivity contribution >= 4 is 11.6 Å². The van der Waals surface area contributed by atoms with E-state index in [4.69, 9.17) is 5.73 Å². The first-order chi connectivity index (χ1) is 3.72. The summed E-state index contributed by atoms with van der Waals surface area (Å²) in [5.41, 5.74) is 5.06. The van der Waals surface area contributed by atoms with Crippen molar-refractivity contribution in [2.75, 3.05) is 0 Å². The van der Waals surface area contributed by atoms with Crippen LogP contribution in [0.2, 0.25) is 0 Å². The van der Waals surface area contributed by atoms with Crippen LogP contribution < -0.4 is 5.73 Å². The summed E-state index contributed by atoms with van der Waals surface area (Å²) in [6, 6.07) is -0.907. The number of ketones is 2. The molecule has 0 spiro atoms. The van der Waals surface area contributed by atoms with Crippen LogP contribution in [0.1, 0.15) is 0 Å². The molecule has 0 atom stereocenters. The van der Waals surface area contributed by atoms with Gasteiger partial charge in [0.1, 0.15) is 6.04 Å². The van der Waals surface area contributed by atoms with Gasteiger partial charge in [-0.05, 0) is 12.2 Å². The van der Waals surface area contributed by atoms with Crippen LogP contribution in [0.25, 0.3) is 0 Å². The van der Waals surface area contributed by atoms with Gasteiger partial charge in [0.05, 0.1) is 0 Å². The highest BCUT2D eigenvalue weighted by atomic mass is 16.2. The zero-order valence-electron chi connectivity index (χ0n) is 4.13. The molecule has 0 radical (unpaired) electrons. The summed E-state index contributed by atoms with van der Waals surface area (Å²) in [6.07, 6.45) is 2.40. The lowest BCUT2D eigenvalue weighted by Gasteiger charge is -1.92. The smallest absolute Gasteiger partial charge is 0.180 e. The topological polar surface area (TPSA) is 60.2 Å². The van der Waals surface area contributed by atoms with Gasteiger partial charge < -0.3 is 5.73 Å². The van der Waals surface area contributed by atoms with Crippen molar-refractivity contribution in [3.63, 3.8) is 0 Å². The third kappa shape index (κ3) is 0.567. The van der Waals surface area contributed by atoms with Crippen molar-refractivity contribution in [1.82, 2.24) is 0 Å². The molecule has 0 aromatic rings. The second kappa shape index (κ2) is 1.52. The Hall–Kier alpha value is -0.960. The van der Waals surface area contributed by atoms with Crippen LogP contribution in [0.3, 0.4) is 0 Å². The molecule has 42 valence electrons. The van der Waals surface area contributed by atoms with Crippen LogP contribution in [0.5, 0.6) is 0 Å². The maximum atomic E-state index is 10.4. The summed E-state index contributed by atoms with van der Waals surface area (Å²) in [4.78, 5) is 20.7. The van der Waals surface area contributed by atoms with Gasteiger partial charge in [0, 0.05) is 0 Å². The van der Waals surface area contributed by atoms with E-state index in [1.54, 1.807) is 0 Å². The van der Waals surface area contributed by atoms with Crippen molar-refractivity contribution in [2.24, 2.45) is 5.73 Å². The van der Waals surface area contributed by atoms with E-state index in [0.29, 0.717) is 0 Å². The molecule has 0 saturated carbocycles. The van der Waals surface area contributed by atoms with E-state index in [1.165, 1.54) is 12.2 Å². The standard InChI is InChI=1S/C5H5NO2/c6-5-3(7)1-2-4(5)8/h1-2,5H,6H2. The predicted octanol–water partition coefficient (Wildman–Crippen LogP) is -0.978. The number of carbonyl (C=O) groups is 2. The Balaban J connectivity index is 2.84. The molecule has 0 heterocycles. The highest BCUT2D eigenvalue weighted by Crippen LogP contribution is 1.96. The van der Waals surface area contributed by atoms with Gasteiger partial charge in [-0.25, -0.2) is 0 Å². The van der Waals surface area contributed by atoms with E-state index in [0.717, 1.165) is 0 Å². The monoisotopic (exact) mass is 111 g/mol. The molecular weight excluding hydrogens is 106 g/mol. The molecule has 8 heavy (non-hydrogen) atoms. The SMILES string of the molecule is NC1C(=O)C=CC1=O. The molecule has 1 rings (SSSR count). The summed E-state index contributed by atoms with van der Waals surface area (Å²) >= 11 is 0. The van der Waals surface area contributed by atoms with Crippen molar-refractivity contribution in [1.29, 1.82) is 0 Å². The number of rotatable bonds is 0. The first-order valence-corrected chi connectivity index (χ1v) is 2.23. The van der Waals surface area contributed by atoms with Crippen LogP contribution in [0.15, 0.2) is 12.2 Å². The van der Waals surface area contributed by atoms with Gasteiger partial charge in [0.25, 0.3) is 0 Å². The quantitative estimate of drug-likeness (QED) is 0.409. The second-order valence-corrected chi connectivity index (χ2v) is 1.62. The molecule has 0 aliphatic heterocycles. The first kappa shape index (κ1) is 5.18. The Kier molecular flexibility index (Phi) is 0.986. The van der Waals surface area contributed by atoms with Crippen LogP contribution in [-0.2, 0) is 9.59 Å². The largest absolute Gasteiger partial charge is 0.315 e. The van der Waals surface area contributed by atoms with Crippen LogP contribution >= 0.6 is 0 Å². The van der Waals surface area contributed by atoms with E-state index in [-0.39, 0.29) is 11.6 Å². The normalized spacial score (nSPS) is 20.6. The van der Waals surface area contributed by atoms with Gasteiger partial charge in [-0.3, -0.25) is 9.59 Å². The number of hydrogen-bond acceptors (Lipinski definition) is 3. The van der Waals surface area contributed by atoms with Gasteiger partial charge in [-0.15, -0.1) is 0 Å². The number of hydrogen-bond donors (Lipinski definition) is 1. The molecule has 3 nitrogen and oxygen atoms in total. The molecule has 0 aromatic carbocycles. The molecular formula is C5H5NO2. The Morgan fingerprint density at radius 1 is 1.25 bits per heavy atom. The summed E-state index contributed by atoms with van der Waals surface area (Å²) in [7, 11) is 0. The minimum absolute atomic E-state index is 0.296. The minimum atomic E-state index is -0.907. The average molecular weight is 111 g/mol. The first-order valence-electron chi connectivity index (χ1n) is 2.23. The average Bonchev–Trinajstić information content (AvgIpc) is 1.98. The highest BCUT2D eigenvalue weighted by molar-refractivity contribution is 6.21. The van der Waals surface area contributed by atoms with Crippen molar-refractivity contribution < 1.29 is 9.59 Å². The lowest BCUT2D eigenvalue weighted by Crippen LogP contribution is -2.32. The van der Waals surface area contributed by atoms with Crippen molar-refractivity contribution in [3.05, 3.63) is 12.2 Å². The van der Waals surface area contributed by atoms with Crippen LogP contribution in [0.4, 0.5) is 0 Å². The predicted molar refractivity (Wildman–Crippen MR) is 27.1 cm³/mol. The number of carbonyl (C=O) groups excluding carboxylic acids is 2. The Morgan fingerprint density at radius 2 is 1.62 bits per heavy atom. The van der Waals surface area contributed by atoms with E-state index >= 15 is 0 Å². The van der Waals surface area contributed by atoms with Gasteiger partial charge in [-0.1, -0.05) is 0 Å². The summed E-state index contributed by atoms with van der Waals surface area (Å²) in [5, 5.41) is 0. The lowest BCUT2D eigenvalue weighted by atomic mass is 10.2. The molecule has 1 aliphatic rings. The van der Waals surface area contributed by atoms with E-state index in [9.17, 15) is 9.59 Å². The minimum Gasteiger partial charge on any atom is -0.315 e. The molecule has 0 saturated heterocycles. The number of nitrogens with two attached hydrogens (primary N) is 1. The van der Waals surface area contributed by atoms with Crippen molar-refractivity contribution in [3.8, 4) is 0 Å². The molecule has 2 N–H and O–H groups in total. The molecule has 3 heteroatoms. The molecule has 0 aromatic heterocycles. The maximum Gasteiger partial charge on any atom is 0.180 e.